The van der Waals surface area contributed by atoms with Gasteiger partial charge in [-0.1, -0.05) is 0 Å². The van der Waals surface area contributed by atoms with Crippen molar-refractivity contribution in [1.29, 1.82) is 0 Å². The van der Waals surface area contributed by atoms with Crippen LogP contribution in [-0.2, 0) is 4.74 Å². The number of aromatic nitrogens is 2. The van der Waals surface area contributed by atoms with E-state index in [2.05, 4.69) is 4.98 Å². The highest BCUT2D eigenvalue weighted by Crippen LogP contribution is 2.36. The van der Waals surface area contributed by atoms with Gasteiger partial charge in [-0.3, -0.25) is 15.3 Å². The fourth-order valence-corrected chi connectivity index (χ4v) is 2.30. The molecule has 8 nitrogen and oxygen atoms in total. The van der Waals surface area contributed by atoms with E-state index in [4.69, 9.17) is 21.5 Å². The minimum Gasteiger partial charge on any atom is -0.393 e. The van der Waals surface area contributed by atoms with Crippen LogP contribution in [0.1, 0.15) is 12.6 Å². The molecule has 0 saturated carbocycles. The van der Waals surface area contributed by atoms with Crippen molar-refractivity contribution in [2.75, 3.05) is 18.0 Å². The Kier molecular flexibility index (Phi) is 4.07. The lowest BCUT2D eigenvalue weighted by Gasteiger charge is -2.27. The van der Waals surface area contributed by atoms with Crippen molar-refractivity contribution in [1.82, 2.24) is 9.55 Å². The maximum atomic E-state index is 11.7. The highest BCUT2D eigenvalue weighted by atomic mass is 35.5. The second-order valence-electron chi connectivity index (χ2n) is 4.29. The number of hydrogen-bond acceptors (Lipinski definition) is 7. The Hall–Kier alpha value is -1.19. The van der Waals surface area contributed by atoms with Crippen LogP contribution >= 0.6 is 11.6 Å². The monoisotopic (exact) mass is 291 g/mol. The Labute approximate surface area is 113 Å². The van der Waals surface area contributed by atoms with E-state index in [9.17, 15) is 15.0 Å². The average molecular weight is 292 g/mol. The van der Waals surface area contributed by atoms with Crippen molar-refractivity contribution in [3.8, 4) is 0 Å². The van der Waals surface area contributed by atoms with Crippen LogP contribution in [0.3, 0.4) is 0 Å². The minimum absolute atomic E-state index is 0.00515. The van der Waals surface area contributed by atoms with E-state index in [1.807, 2.05) is 0 Å². The third-order valence-electron chi connectivity index (χ3n) is 3.15. The number of hydrogen-bond donors (Lipinski definition) is 4. The predicted octanol–water partition coefficient (Wildman–Crippen LogP) is -0.706. The van der Waals surface area contributed by atoms with Gasteiger partial charge < -0.3 is 14.9 Å². The molecule has 1 fully saturated rings. The molecule has 1 aliphatic rings. The molecular weight excluding hydrogens is 278 g/mol. The van der Waals surface area contributed by atoms with Gasteiger partial charge in [0.1, 0.15) is 11.8 Å². The fourth-order valence-electron chi connectivity index (χ4n) is 1.97. The molecule has 19 heavy (non-hydrogen) atoms. The Balaban J connectivity index is 2.28. The van der Waals surface area contributed by atoms with Crippen LogP contribution in [0.5, 0.6) is 0 Å². The summed E-state index contributed by atoms with van der Waals surface area (Å²) >= 11 is 5.71. The first-order valence-corrected chi connectivity index (χ1v) is 6.12. The molecular formula is C10H14ClN3O5. The largest absolute Gasteiger partial charge is 0.393 e. The second-order valence-corrected chi connectivity index (χ2v) is 4.56. The molecule has 3 atom stereocenters. The van der Waals surface area contributed by atoms with Gasteiger partial charge in [0, 0.05) is 12.6 Å². The number of nitrogens with one attached hydrogen (secondary N) is 1. The van der Waals surface area contributed by atoms with Crippen molar-refractivity contribution in [2.24, 2.45) is 0 Å². The van der Waals surface area contributed by atoms with Gasteiger partial charge in [0.2, 0.25) is 0 Å². The molecule has 0 radical (unpaired) electrons. The zero-order valence-corrected chi connectivity index (χ0v) is 10.6. The summed E-state index contributed by atoms with van der Waals surface area (Å²) in [4.78, 5) is 15.3. The third-order valence-corrected chi connectivity index (χ3v) is 3.60. The van der Waals surface area contributed by atoms with Crippen LogP contribution < -0.4 is 11.2 Å². The molecule has 1 aliphatic heterocycles. The normalized spacial score (nSPS) is 30.5. The Morgan fingerprint density at radius 1 is 1.68 bits per heavy atom. The van der Waals surface area contributed by atoms with E-state index >= 15 is 0 Å². The molecule has 2 rings (SSSR count). The molecule has 2 heterocycles. The summed E-state index contributed by atoms with van der Waals surface area (Å²) in [5.74, 6) is -0.0924. The van der Waals surface area contributed by atoms with Gasteiger partial charge in [-0.2, -0.15) is 4.98 Å². The predicted molar refractivity (Wildman–Crippen MR) is 65.2 cm³/mol. The molecule has 1 aromatic heterocycles. The Morgan fingerprint density at radius 3 is 2.89 bits per heavy atom. The van der Waals surface area contributed by atoms with E-state index in [0.717, 1.165) is 4.57 Å². The lowest BCUT2D eigenvalue weighted by atomic mass is 10.0. The molecule has 0 aliphatic carbocycles. The maximum absolute atomic E-state index is 11.7. The topological polar surface area (TPSA) is 117 Å². The standard InChI is InChI=1S/C10H14ClN3O5/c11-4-10(5-15)6(16)3-8(19-10)14-2-1-7(13-18)12-9(14)17/h1-2,6,8,15-16,18H,3-5H2,(H,12,13,17)/t6-,8+,10+/m0/s1. The van der Waals surface area contributed by atoms with Gasteiger partial charge in [0.05, 0.1) is 18.6 Å². The summed E-state index contributed by atoms with van der Waals surface area (Å²) in [6, 6.07) is 1.37. The van der Waals surface area contributed by atoms with E-state index < -0.39 is 30.2 Å². The lowest BCUT2D eigenvalue weighted by Crippen LogP contribution is -2.45. The number of alkyl halides is 1. The zero-order chi connectivity index (χ0) is 14.0. The van der Waals surface area contributed by atoms with Gasteiger partial charge in [-0.25, -0.2) is 4.79 Å². The molecule has 9 heteroatoms. The van der Waals surface area contributed by atoms with Crippen LogP contribution in [0, 0.1) is 0 Å². The van der Waals surface area contributed by atoms with E-state index in [1.54, 1.807) is 5.48 Å². The summed E-state index contributed by atoms with van der Waals surface area (Å²) in [7, 11) is 0. The highest BCUT2D eigenvalue weighted by molar-refractivity contribution is 6.18. The smallest absolute Gasteiger partial charge is 0.351 e. The van der Waals surface area contributed by atoms with Crippen molar-refractivity contribution in [3.63, 3.8) is 0 Å². The summed E-state index contributed by atoms with van der Waals surface area (Å²) in [5, 5.41) is 27.8. The van der Waals surface area contributed by atoms with Gasteiger partial charge in [-0.05, 0) is 6.07 Å². The van der Waals surface area contributed by atoms with Crippen molar-refractivity contribution in [3.05, 3.63) is 22.7 Å². The van der Waals surface area contributed by atoms with Crippen molar-refractivity contribution < 1.29 is 20.2 Å². The van der Waals surface area contributed by atoms with Gasteiger partial charge >= 0.3 is 5.69 Å². The maximum Gasteiger partial charge on any atom is 0.351 e. The number of aliphatic hydroxyl groups is 2. The van der Waals surface area contributed by atoms with Crippen LogP contribution in [-0.4, -0.2) is 49.2 Å². The summed E-state index contributed by atoms with van der Waals surface area (Å²) in [6.07, 6.45) is -0.274. The Morgan fingerprint density at radius 2 is 2.42 bits per heavy atom. The first kappa shape index (κ1) is 14.2. The first-order chi connectivity index (χ1) is 9.06. The molecule has 1 saturated heterocycles. The summed E-state index contributed by atoms with van der Waals surface area (Å²) < 4.78 is 6.67. The summed E-state index contributed by atoms with van der Waals surface area (Å²) in [6.45, 7) is -0.452. The molecule has 0 bridgehead atoms. The molecule has 1 aromatic rings. The van der Waals surface area contributed by atoms with Gasteiger partial charge in [0.25, 0.3) is 0 Å². The number of rotatable bonds is 4. The van der Waals surface area contributed by atoms with E-state index in [0.29, 0.717) is 0 Å². The SMILES string of the molecule is O=c1nc(NO)ccn1[C@H]1C[C@H](O)[C@](CO)(CCl)O1. The second kappa shape index (κ2) is 5.43. The van der Waals surface area contributed by atoms with Crippen LogP contribution in [0.4, 0.5) is 5.82 Å². The first-order valence-electron chi connectivity index (χ1n) is 5.58. The molecule has 106 valence electrons. The van der Waals surface area contributed by atoms with E-state index in [1.165, 1.54) is 12.3 Å². The minimum atomic E-state index is -1.28. The quantitative estimate of drug-likeness (QED) is 0.428. The van der Waals surface area contributed by atoms with Crippen molar-refractivity contribution in [2.45, 2.75) is 24.4 Å². The third kappa shape index (κ3) is 2.45. The number of nitrogens with zero attached hydrogens (tertiary/aromatic N) is 2. The van der Waals surface area contributed by atoms with Gasteiger partial charge in [-0.15, -0.1) is 11.6 Å². The molecule has 0 unspecified atom stereocenters. The number of halogens is 1. The van der Waals surface area contributed by atoms with E-state index in [-0.39, 0.29) is 18.1 Å². The number of ether oxygens (including phenoxy) is 1. The van der Waals surface area contributed by atoms with Gasteiger partial charge in [0.15, 0.2) is 5.82 Å². The fraction of sp³-hybridized carbons (Fsp3) is 0.600. The van der Waals surface area contributed by atoms with Crippen molar-refractivity contribution >= 4 is 17.4 Å². The van der Waals surface area contributed by atoms with Crippen LogP contribution in [0.25, 0.3) is 0 Å². The van der Waals surface area contributed by atoms with Crippen LogP contribution in [0.15, 0.2) is 17.1 Å². The average Bonchev–Trinajstić information content (AvgIpc) is 2.76. The Bertz CT molecular complexity index is 504. The number of anilines is 1. The summed E-state index contributed by atoms with van der Waals surface area (Å²) in [5.41, 5.74) is -0.174. The molecule has 4 N–H and O–H groups in total. The highest BCUT2D eigenvalue weighted by Gasteiger charge is 2.48. The lowest BCUT2D eigenvalue weighted by molar-refractivity contribution is -0.114. The molecule has 0 aromatic carbocycles. The molecule has 0 spiro atoms. The number of aliphatic hydroxyl groups excluding tert-OH is 2. The zero-order valence-electron chi connectivity index (χ0n) is 9.86. The van der Waals surface area contributed by atoms with Crippen LogP contribution in [0.2, 0.25) is 0 Å². The molecule has 0 amide bonds.